The van der Waals surface area contributed by atoms with Gasteiger partial charge in [-0.1, -0.05) is 65.8 Å². The summed E-state index contributed by atoms with van der Waals surface area (Å²) in [5.41, 5.74) is 4.30. The van der Waals surface area contributed by atoms with Gasteiger partial charge in [-0.3, -0.25) is 4.79 Å². The summed E-state index contributed by atoms with van der Waals surface area (Å²) in [7, 11) is 0. The molecule has 0 saturated heterocycles. The van der Waals surface area contributed by atoms with Crippen LogP contribution in [0.15, 0.2) is 36.4 Å². The highest BCUT2D eigenvalue weighted by Crippen LogP contribution is 2.48. The number of benzene rings is 2. The molecule has 0 aliphatic carbocycles. The molecule has 3 nitrogen and oxygen atoms in total. The lowest BCUT2D eigenvalue weighted by atomic mass is 9.77. The molecule has 138 valence electrons. The number of carbonyl (C=O) groups is 1. The number of hydrogen-bond donors (Lipinski definition) is 1. The summed E-state index contributed by atoms with van der Waals surface area (Å²) in [5, 5.41) is 9.62. The van der Waals surface area contributed by atoms with Crippen molar-refractivity contribution in [3.05, 3.63) is 58.7 Å². The quantitative estimate of drug-likeness (QED) is 0.767. The van der Waals surface area contributed by atoms with Crippen LogP contribution in [0.4, 0.5) is 0 Å². The van der Waals surface area contributed by atoms with E-state index in [9.17, 15) is 9.90 Å². The number of carbonyl (C=O) groups excluding carboxylic acids is 1. The molecule has 3 heteroatoms. The Labute approximate surface area is 156 Å². The van der Waals surface area contributed by atoms with Crippen LogP contribution in [0.5, 0.6) is 11.5 Å². The maximum Gasteiger partial charge on any atom is 0.165 e. The van der Waals surface area contributed by atoms with Crippen molar-refractivity contribution in [2.75, 3.05) is 0 Å². The van der Waals surface area contributed by atoms with Gasteiger partial charge in [0.2, 0.25) is 0 Å². The maximum atomic E-state index is 11.8. The number of phenolic OH excluding ortho intramolecular Hbond substituents is 1. The molecule has 2 unspecified atom stereocenters. The van der Waals surface area contributed by atoms with Crippen molar-refractivity contribution in [2.45, 2.75) is 64.4 Å². The fourth-order valence-corrected chi connectivity index (χ4v) is 3.54. The van der Waals surface area contributed by atoms with E-state index in [1.807, 2.05) is 12.1 Å². The van der Waals surface area contributed by atoms with Gasteiger partial charge in [-0.05, 0) is 34.1 Å². The van der Waals surface area contributed by atoms with Gasteiger partial charge in [0.05, 0.1) is 5.92 Å². The molecule has 3 rings (SSSR count). The van der Waals surface area contributed by atoms with Gasteiger partial charge < -0.3 is 9.84 Å². The Bertz CT molecular complexity index is 820. The zero-order valence-corrected chi connectivity index (χ0v) is 16.5. The molecule has 1 aliphatic rings. The van der Waals surface area contributed by atoms with Crippen molar-refractivity contribution in [2.24, 2.45) is 0 Å². The smallest absolute Gasteiger partial charge is 0.165 e. The highest BCUT2D eigenvalue weighted by molar-refractivity contribution is 5.68. The average Bonchev–Trinajstić information content (AvgIpc) is 2.91. The second-order valence-electron chi connectivity index (χ2n) is 9.23. The number of ether oxygens (including phenoxy) is 1. The highest BCUT2D eigenvalue weighted by Gasteiger charge is 2.39. The van der Waals surface area contributed by atoms with Crippen LogP contribution in [0, 0.1) is 0 Å². The number of fused-ring (bicyclic) bond motifs is 1. The van der Waals surface area contributed by atoms with Crippen LogP contribution in [-0.4, -0.2) is 17.5 Å². The van der Waals surface area contributed by atoms with Gasteiger partial charge in [0, 0.05) is 11.1 Å². The number of aromatic hydroxyl groups is 1. The summed E-state index contributed by atoms with van der Waals surface area (Å²) in [6, 6.07) is 11.5. The minimum Gasteiger partial charge on any atom is -0.508 e. The summed E-state index contributed by atoms with van der Waals surface area (Å²) >= 11 is 0. The third-order valence-electron chi connectivity index (χ3n) is 5.10. The third kappa shape index (κ3) is 3.23. The van der Waals surface area contributed by atoms with Crippen LogP contribution >= 0.6 is 0 Å². The highest BCUT2D eigenvalue weighted by atomic mass is 16.5. The minimum atomic E-state index is -0.550. The molecule has 0 spiro atoms. The summed E-state index contributed by atoms with van der Waals surface area (Å²) in [6.45, 7) is 13.1. The van der Waals surface area contributed by atoms with Gasteiger partial charge in [-0.15, -0.1) is 0 Å². The lowest BCUT2D eigenvalue weighted by Crippen LogP contribution is -2.21. The Morgan fingerprint density at radius 2 is 1.58 bits per heavy atom. The van der Waals surface area contributed by atoms with E-state index in [1.165, 1.54) is 5.56 Å². The molecule has 2 atom stereocenters. The van der Waals surface area contributed by atoms with Crippen LogP contribution in [0.3, 0.4) is 0 Å². The molecule has 26 heavy (non-hydrogen) atoms. The normalized spacial score (nSPS) is 19.8. The molecule has 0 radical (unpaired) electrons. The molecular formula is C23H28O3. The average molecular weight is 352 g/mol. The van der Waals surface area contributed by atoms with Crippen molar-refractivity contribution >= 4 is 6.29 Å². The topological polar surface area (TPSA) is 46.5 Å². The summed E-state index contributed by atoms with van der Waals surface area (Å²) in [6.07, 6.45) is 0.339. The number of aldehydes is 1. The van der Waals surface area contributed by atoms with Crippen LogP contribution in [0.25, 0.3) is 0 Å². The number of phenols is 1. The molecule has 1 heterocycles. The molecule has 2 aromatic rings. The maximum absolute atomic E-state index is 11.8. The standard InChI is InChI=1S/C23H28O3/c1-22(2,3)15-11-17-20(14-7-9-16(25)10-8-14)19(13-24)26-21(17)18(12-15)23(4,5)6/h7-13,19-20,25H,1-6H3. The van der Waals surface area contributed by atoms with Gasteiger partial charge in [0.1, 0.15) is 11.5 Å². The molecule has 2 aromatic carbocycles. The molecule has 0 aromatic heterocycles. The van der Waals surface area contributed by atoms with Gasteiger partial charge in [-0.25, -0.2) is 0 Å². The van der Waals surface area contributed by atoms with E-state index in [0.717, 1.165) is 28.7 Å². The van der Waals surface area contributed by atoms with Gasteiger partial charge in [0.15, 0.2) is 12.4 Å². The van der Waals surface area contributed by atoms with Crippen molar-refractivity contribution < 1.29 is 14.6 Å². The van der Waals surface area contributed by atoms with Crippen LogP contribution in [-0.2, 0) is 15.6 Å². The van der Waals surface area contributed by atoms with E-state index < -0.39 is 6.10 Å². The Kier molecular flexibility index (Phi) is 4.38. The van der Waals surface area contributed by atoms with Crippen molar-refractivity contribution in [3.8, 4) is 11.5 Å². The van der Waals surface area contributed by atoms with E-state index in [1.54, 1.807) is 12.1 Å². The first-order valence-corrected chi connectivity index (χ1v) is 9.12. The van der Waals surface area contributed by atoms with Crippen molar-refractivity contribution in [3.63, 3.8) is 0 Å². The van der Waals surface area contributed by atoms with Gasteiger partial charge in [-0.2, -0.15) is 0 Å². The molecule has 0 amide bonds. The molecular weight excluding hydrogens is 324 g/mol. The van der Waals surface area contributed by atoms with Crippen LogP contribution < -0.4 is 4.74 Å². The van der Waals surface area contributed by atoms with E-state index >= 15 is 0 Å². The summed E-state index contributed by atoms with van der Waals surface area (Å²) < 4.78 is 6.15. The number of rotatable bonds is 2. The Balaban J connectivity index is 2.26. The zero-order valence-electron chi connectivity index (χ0n) is 16.5. The third-order valence-corrected chi connectivity index (χ3v) is 5.10. The van der Waals surface area contributed by atoms with E-state index in [0.29, 0.717) is 0 Å². The molecule has 0 saturated carbocycles. The first kappa shape index (κ1) is 18.5. The van der Waals surface area contributed by atoms with Crippen LogP contribution in [0.1, 0.15) is 69.7 Å². The van der Waals surface area contributed by atoms with E-state index in [-0.39, 0.29) is 22.5 Å². The monoisotopic (exact) mass is 352 g/mol. The first-order valence-electron chi connectivity index (χ1n) is 9.12. The van der Waals surface area contributed by atoms with E-state index in [2.05, 4.69) is 53.7 Å². The Morgan fingerprint density at radius 1 is 0.962 bits per heavy atom. The summed E-state index contributed by atoms with van der Waals surface area (Å²) in [4.78, 5) is 11.8. The molecule has 1 aliphatic heterocycles. The van der Waals surface area contributed by atoms with E-state index in [4.69, 9.17) is 4.74 Å². The van der Waals surface area contributed by atoms with Crippen molar-refractivity contribution in [1.82, 2.24) is 0 Å². The SMILES string of the molecule is CC(C)(C)c1cc2c(c(C(C)(C)C)c1)OC(C=O)C2c1ccc(O)cc1. The predicted molar refractivity (Wildman–Crippen MR) is 104 cm³/mol. The molecule has 1 N–H and O–H groups in total. The summed E-state index contributed by atoms with van der Waals surface area (Å²) in [5.74, 6) is 0.890. The molecule has 0 fully saturated rings. The second-order valence-corrected chi connectivity index (χ2v) is 9.23. The van der Waals surface area contributed by atoms with Crippen LogP contribution in [0.2, 0.25) is 0 Å². The fraction of sp³-hybridized carbons (Fsp3) is 0.435. The zero-order chi connectivity index (χ0) is 19.3. The van der Waals surface area contributed by atoms with Gasteiger partial charge in [0.25, 0.3) is 0 Å². The Hall–Kier alpha value is -2.29. The lowest BCUT2D eigenvalue weighted by Gasteiger charge is -2.27. The lowest BCUT2D eigenvalue weighted by molar-refractivity contribution is -0.113. The fourth-order valence-electron chi connectivity index (χ4n) is 3.54. The first-order chi connectivity index (χ1) is 12.0. The predicted octanol–water partition coefficient (Wildman–Crippen LogP) is 5.08. The Morgan fingerprint density at radius 3 is 2.08 bits per heavy atom. The van der Waals surface area contributed by atoms with Crippen molar-refractivity contribution in [1.29, 1.82) is 0 Å². The van der Waals surface area contributed by atoms with Gasteiger partial charge >= 0.3 is 0 Å². The largest absolute Gasteiger partial charge is 0.508 e. The number of hydrogen-bond acceptors (Lipinski definition) is 3. The molecule has 0 bridgehead atoms. The minimum absolute atomic E-state index is 0.00615. The second kappa shape index (κ2) is 6.15.